The third-order valence-electron chi connectivity index (χ3n) is 3.93. The highest BCUT2D eigenvalue weighted by Crippen LogP contribution is 2.50. The SMILES string of the molecule is COc1ccc2c(c1)N(C(C)C)C1(CC1)CN2. The summed E-state index contributed by atoms with van der Waals surface area (Å²) in [6, 6.07) is 6.83. The predicted octanol–water partition coefficient (Wildman–Crippen LogP) is 2.87. The second kappa shape index (κ2) is 3.56. The number of ether oxygens (including phenoxy) is 1. The first-order valence-corrected chi connectivity index (χ1v) is 6.37. The van der Waals surface area contributed by atoms with Gasteiger partial charge in [0, 0.05) is 18.7 Å². The Morgan fingerprint density at radius 2 is 2.12 bits per heavy atom. The third-order valence-corrected chi connectivity index (χ3v) is 3.93. The van der Waals surface area contributed by atoms with Crippen LogP contribution in [0.15, 0.2) is 18.2 Å². The van der Waals surface area contributed by atoms with Crippen molar-refractivity contribution < 1.29 is 4.74 Å². The molecule has 1 aliphatic carbocycles. The van der Waals surface area contributed by atoms with Crippen LogP contribution >= 0.6 is 0 Å². The Bertz CT molecular complexity index is 438. The van der Waals surface area contributed by atoms with E-state index in [0.717, 1.165) is 12.3 Å². The van der Waals surface area contributed by atoms with Crippen molar-refractivity contribution >= 4 is 11.4 Å². The highest BCUT2D eigenvalue weighted by atomic mass is 16.5. The molecule has 1 aromatic rings. The van der Waals surface area contributed by atoms with Gasteiger partial charge >= 0.3 is 0 Å². The van der Waals surface area contributed by atoms with E-state index >= 15 is 0 Å². The summed E-state index contributed by atoms with van der Waals surface area (Å²) in [5, 5.41) is 3.55. The Kier molecular flexibility index (Phi) is 2.25. The average molecular weight is 232 g/mol. The van der Waals surface area contributed by atoms with Crippen LogP contribution in [-0.4, -0.2) is 25.2 Å². The molecule has 0 amide bonds. The van der Waals surface area contributed by atoms with Crippen LogP contribution in [-0.2, 0) is 0 Å². The minimum Gasteiger partial charge on any atom is -0.497 e. The molecule has 0 radical (unpaired) electrons. The van der Waals surface area contributed by atoms with E-state index in [1.165, 1.54) is 24.2 Å². The van der Waals surface area contributed by atoms with Crippen molar-refractivity contribution in [3.63, 3.8) is 0 Å². The average Bonchev–Trinajstić information content (AvgIpc) is 3.08. The summed E-state index contributed by atoms with van der Waals surface area (Å²) in [6.45, 7) is 5.62. The van der Waals surface area contributed by atoms with Gasteiger partial charge in [0.15, 0.2) is 0 Å². The van der Waals surface area contributed by atoms with Crippen molar-refractivity contribution in [2.24, 2.45) is 0 Å². The standard InChI is InChI=1S/C14H20N2O/c1-10(2)16-13-8-11(17-3)4-5-12(13)15-9-14(16)6-7-14/h4-5,8,10,15H,6-7,9H2,1-3H3. The number of hydrogen-bond acceptors (Lipinski definition) is 3. The van der Waals surface area contributed by atoms with E-state index in [9.17, 15) is 0 Å². The molecule has 1 spiro atoms. The Balaban J connectivity index is 2.07. The molecule has 3 heteroatoms. The molecule has 0 saturated heterocycles. The van der Waals surface area contributed by atoms with Gasteiger partial charge in [-0.2, -0.15) is 0 Å². The van der Waals surface area contributed by atoms with Gasteiger partial charge in [-0.05, 0) is 38.8 Å². The predicted molar refractivity (Wildman–Crippen MR) is 71.1 cm³/mol. The van der Waals surface area contributed by atoms with E-state index in [1.54, 1.807) is 7.11 Å². The number of anilines is 2. The maximum absolute atomic E-state index is 5.34. The van der Waals surface area contributed by atoms with Crippen molar-refractivity contribution in [1.29, 1.82) is 0 Å². The van der Waals surface area contributed by atoms with Crippen LogP contribution in [0, 0.1) is 0 Å². The summed E-state index contributed by atoms with van der Waals surface area (Å²) < 4.78 is 5.34. The molecule has 0 unspecified atom stereocenters. The fraction of sp³-hybridized carbons (Fsp3) is 0.571. The molecule has 1 aliphatic heterocycles. The van der Waals surface area contributed by atoms with Gasteiger partial charge in [-0.15, -0.1) is 0 Å². The first kappa shape index (κ1) is 10.8. The van der Waals surface area contributed by atoms with Gasteiger partial charge in [0.05, 0.1) is 24.0 Å². The molecular formula is C14H20N2O. The quantitative estimate of drug-likeness (QED) is 0.848. The topological polar surface area (TPSA) is 24.5 Å². The van der Waals surface area contributed by atoms with Crippen molar-refractivity contribution in [2.75, 3.05) is 23.9 Å². The summed E-state index contributed by atoms with van der Waals surface area (Å²) >= 11 is 0. The third kappa shape index (κ3) is 1.56. The van der Waals surface area contributed by atoms with Crippen molar-refractivity contribution in [2.45, 2.75) is 38.3 Å². The lowest BCUT2D eigenvalue weighted by molar-refractivity contribution is 0.414. The van der Waals surface area contributed by atoms with Gasteiger partial charge in [-0.1, -0.05) is 0 Å². The molecule has 0 atom stereocenters. The van der Waals surface area contributed by atoms with Crippen LogP contribution in [0.25, 0.3) is 0 Å². The van der Waals surface area contributed by atoms with Crippen LogP contribution in [0.3, 0.4) is 0 Å². The second-order valence-corrected chi connectivity index (χ2v) is 5.42. The summed E-state index contributed by atoms with van der Waals surface area (Å²) in [5.74, 6) is 0.939. The van der Waals surface area contributed by atoms with E-state index in [2.05, 4.69) is 36.2 Å². The maximum Gasteiger partial charge on any atom is 0.121 e. The highest BCUT2D eigenvalue weighted by Gasteiger charge is 2.51. The number of nitrogens with zero attached hydrogens (tertiary/aromatic N) is 1. The van der Waals surface area contributed by atoms with Gasteiger partial charge < -0.3 is 15.0 Å². The lowest BCUT2D eigenvalue weighted by atomic mass is 10.0. The fourth-order valence-corrected chi connectivity index (χ4v) is 2.98. The molecule has 1 aromatic carbocycles. The molecular weight excluding hydrogens is 212 g/mol. The minimum atomic E-state index is 0.369. The number of methoxy groups -OCH3 is 1. The molecule has 1 fully saturated rings. The van der Waals surface area contributed by atoms with Crippen molar-refractivity contribution in [1.82, 2.24) is 0 Å². The largest absolute Gasteiger partial charge is 0.497 e. The lowest BCUT2D eigenvalue weighted by Gasteiger charge is -2.43. The van der Waals surface area contributed by atoms with Crippen LogP contribution < -0.4 is 15.0 Å². The van der Waals surface area contributed by atoms with E-state index < -0.39 is 0 Å². The minimum absolute atomic E-state index is 0.369. The second-order valence-electron chi connectivity index (χ2n) is 5.42. The molecule has 0 aromatic heterocycles. The van der Waals surface area contributed by atoms with Crippen LogP contribution in [0.4, 0.5) is 11.4 Å². The summed E-state index contributed by atoms with van der Waals surface area (Å²) in [6.07, 6.45) is 2.60. The zero-order valence-electron chi connectivity index (χ0n) is 10.8. The van der Waals surface area contributed by atoms with Crippen molar-refractivity contribution in [3.05, 3.63) is 18.2 Å². The summed E-state index contributed by atoms with van der Waals surface area (Å²) in [4.78, 5) is 2.57. The van der Waals surface area contributed by atoms with Crippen molar-refractivity contribution in [3.8, 4) is 5.75 Å². The molecule has 1 saturated carbocycles. The Morgan fingerprint density at radius 1 is 1.35 bits per heavy atom. The van der Waals surface area contributed by atoms with Crippen LogP contribution in [0.2, 0.25) is 0 Å². The molecule has 1 N–H and O–H groups in total. The maximum atomic E-state index is 5.34. The molecule has 92 valence electrons. The number of rotatable bonds is 2. The Hall–Kier alpha value is -1.38. The van der Waals surface area contributed by atoms with Gasteiger partial charge in [0.1, 0.15) is 5.75 Å². The Labute approximate surface area is 103 Å². The first-order chi connectivity index (χ1) is 8.16. The monoisotopic (exact) mass is 232 g/mol. The molecule has 2 aliphatic rings. The zero-order valence-corrected chi connectivity index (χ0v) is 10.8. The molecule has 17 heavy (non-hydrogen) atoms. The van der Waals surface area contributed by atoms with E-state index in [-0.39, 0.29) is 0 Å². The fourth-order valence-electron chi connectivity index (χ4n) is 2.98. The van der Waals surface area contributed by atoms with Crippen LogP contribution in [0.1, 0.15) is 26.7 Å². The Morgan fingerprint density at radius 3 is 2.71 bits per heavy atom. The summed E-state index contributed by atoms with van der Waals surface area (Å²) in [5.41, 5.74) is 2.90. The number of nitrogens with one attached hydrogen (secondary N) is 1. The number of fused-ring (bicyclic) bond motifs is 1. The van der Waals surface area contributed by atoms with Gasteiger partial charge in [-0.25, -0.2) is 0 Å². The van der Waals surface area contributed by atoms with E-state index in [0.29, 0.717) is 11.6 Å². The molecule has 3 rings (SSSR count). The molecule has 1 heterocycles. The van der Waals surface area contributed by atoms with E-state index in [4.69, 9.17) is 4.74 Å². The lowest BCUT2D eigenvalue weighted by Crippen LogP contribution is -2.49. The molecule has 3 nitrogen and oxygen atoms in total. The smallest absolute Gasteiger partial charge is 0.121 e. The van der Waals surface area contributed by atoms with Gasteiger partial charge in [-0.3, -0.25) is 0 Å². The van der Waals surface area contributed by atoms with Gasteiger partial charge in [0.25, 0.3) is 0 Å². The molecule has 0 bridgehead atoms. The summed E-state index contributed by atoms with van der Waals surface area (Å²) in [7, 11) is 1.73. The number of benzene rings is 1. The highest BCUT2D eigenvalue weighted by molar-refractivity contribution is 5.76. The first-order valence-electron chi connectivity index (χ1n) is 6.37. The number of hydrogen-bond donors (Lipinski definition) is 1. The zero-order chi connectivity index (χ0) is 12.0. The van der Waals surface area contributed by atoms with Crippen LogP contribution in [0.5, 0.6) is 5.75 Å². The normalized spacial score (nSPS) is 20.1. The van der Waals surface area contributed by atoms with Gasteiger partial charge in [0.2, 0.25) is 0 Å². The van der Waals surface area contributed by atoms with E-state index in [1.807, 2.05) is 6.07 Å².